The van der Waals surface area contributed by atoms with Gasteiger partial charge in [0.1, 0.15) is 5.54 Å². The number of aliphatic carboxylic acids is 1. The number of rotatable bonds is 2. The van der Waals surface area contributed by atoms with Crippen LogP contribution in [0.15, 0.2) is 18.2 Å². The van der Waals surface area contributed by atoms with Crippen LogP contribution in [0.2, 0.25) is 10.0 Å². The summed E-state index contributed by atoms with van der Waals surface area (Å²) in [6.07, 6.45) is 1.10. The Morgan fingerprint density at radius 2 is 2.05 bits per heavy atom. The molecule has 1 unspecified atom stereocenters. The van der Waals surface area contributed by atoms with E-state index in [9.17, 15) is 14.7 Å². The van der Waals surface area contributed by atoms with Gasteiger partial charge in [-0.2, -0.15) is 0 Å². The van der Waals surface area contributed by atoms with Gasteiger partial charge in [-0.25, -0.2) is 4.79 Å². The van der Waals surface area contributed by atoms with Crippen molar-refractivity contribution in [3.05, 3.63) is 33.8 Å². The summed E-state index contributed by atoms with van der Waals surface area (Å²) >= 11 is 11.8. The highest BCUT2D eigenvalue weighted by molar-refractivity contribution is 6.35. The molecule has 0 saturated carbocycles. The molecule has 1 heterocycles. The Hall–Kier alpha value is -1.26. The summed E-state index contributed by atoms with van der Waals surface area (Å²) < 4.78 is 0. The van der Waals surface area contributed by atoms with Gasteiger partial charge in [0.25, 0.3) is 5.91 Å². The van der Waals surface area contributed by atoms with E-state index in [0.717, 1.165) is 0 Å². The Morgan fingerprint density at radius 1 is 1.37 bits per heavy atom. The maximum atomic E-state index is 12.5. The summed E-state index contributed by atoms with van der Waals surface area (Å²) in [7, 11) is 0. The largest absolute Gasteiger partial charge is 0.480 e. The van der Waals surface area contributed by atoms with Gasteiger partial charge in [0.15, 0.2) is 0 Å². The van der Waals surface area contributed by atoms with Crippen LogP contribution >= 0.6 is 23.2 Å². The molecule has 1 saturated heterocycles. The Balaban J connectivity index is 2.39. The Morgan fingerprint density at radius 3 is 2.68 bits per heavy atom. The molecule has 1 aliphatic rings. The first-order valence-corrected chi connectivity index (χ1v) is 6.62. The van der Waals surface area contributed by atoms with Crippen LogP contribution in [0.4, 0.5) is 0 Å². The molecule has 0 spiro atoms. The van der Waals surface area contributed by atoms with Gasteiger partial charge in [0.05, 0.1) is 10.6 Å². The van der Waals surface area contributed by atoms with E-state index in [-0.39, 0.29) is 10.6 Å². The number of nitrogens with zero attached hydrogens (tertiary/aromatic N) is 1. The molecule has 4 nitrogen and oxygen atoms in total. The Kier molecular flexibility index (Phi) is 3.74. The molecule has 0 aromatic heterocycles. The molecular formula is C13H13Cl2NO3. The fourth-order valence-electron chi connectivity index (χ4n) is 2.32. The molecule has 1 fully saturated rings. The van der Waals surface area contributed by atoms with Crippen LogP contribution in [0.3, 0.4) is 0 Å². The standard InChI is InChI=1S/C13H13Cl2NO3/c1-13(12(18)19)5-2-6-16(13)11(17)9-7-8(14)3-4-10(9)15/h3-4,7H,2,5-6H2,1H3,(H,18,19). The number of carboxylic acids is 1. The molecule has 1 atom stereocenters. The van der Waals surface area contributed by atoms with E-state index < -0.39 is 17.4 Å². The van der Waals surface area contributed by atoms with Crippen LogP contribution in [-0.2, 0) is 4.79 Å². The third-order valence-corrected chi connectivity index (χ3v) is 4.07. The van der Waals surface area contributed by atoms with Crippen LogP contribution in [0.1, 0.15) is 30.1 Å². The molecule has 0 bridgehead atoms. The number of hydrogen-bond acceptors (Lipinski definition) is 2. The van der Waals surface area contributed by atoms with Gasteiger partial charge in [-0.3, -0.25) is 4.79 Å². The van der Waals surface area contributed by atoms with E-state index in [2.05, 4.69) is 0 Å². The average molecular weight is 302 g/mol. The van der Waals surface area contributed by atoms with Gasteiger partial charge in [0, 0.05) is 11.6 Å². The molecule has 1 aromatic rings. The second-order valence-electron chi connectivity index (χ2n) is 4.76. The summed E-state index contributed by atoms with van der Waals surface area (Å²) in [5.41, 5.74) is -0.938. The maximum absolute atomic E-state index is 12.5. The fraction of sp³-hybridized carbons (Fsp3) is 0.385. The van der Waals surface area contributed by atoms with E-state index >= 15 is 0 Å². The third kappa shape index (κ3) is 2.42. The van der Waals surface area contributed by atoms with Crippen molar-refractivity contribution in [2.45, 2.75) is 25.3 Å². The minimum atomic E-state index is -1.18. The van der Waals surface area contributed by atoms with E-state index in [1.807, 2.05) is 0 Å². The molecule has 0 radical (unpaired) electrons. The van der Waals surface area contributed by atoms with Gasteiger partial charge >= 0.3 is 5.97 Å². The number of likely N-dealkylation sites (tertiary alicyclic amines) is 1. The van der Waals surface area contributed by atoms with Gasteiger partial charge in [0.2, 0.25) is 0 Å². The second-order valence-corrected chi connectivity index (χ2v) is 5.61. The van der Waals surface area contributed by atoms with Crippen LogP contribution in [-0.4, -0.2) is 34.0 Å². The van der Waals surface area contributed by atoms with Crippen molar-refractivity contribution in [2.75, 3.05) is 6.54 Å². The van der Waals surface area contributed by atoms with Gasteiger partial charge < -0.3 is 10.0 Å². The maximum Gasteiger partial charge on any atom is 0.329 e. The van der Waals surface area contributed by atoms with Crippen molar-refractivity contribution in [1.29, 1.82) is 0 Å². The summed E-state index contributed by atoms with van der Waals surface area (Å²) in [5.74, 6) is -1.40. The number of amides is 1. The molecular weight excluding hydrogens is 289 g/mol. The first-order valence-electron chi connectivity index (χ1n) is 5.86. The molecule has 0 aliphatic carbocycles. The molecule has 1 amide bonds. The first kappa shape index (κ1) is 14.2. The third-order valence-electron chi connectivity index (χ3n) is 3.51. The number of benzene rings is 1. The monoisotopic (exact) mass is 301 g/mol. The van der Waals surface area contributed by atoms with E-state index in [0.29, 0.717) is 24.4 Å². The lowest BCUT2D eigenvalue weighted by Crippen LogP contribution is -2.50. The molecule has 1 N–H and O–H groups in total. The highest BCUT2D eigenvalue weighted by Gasteiger charge is 2.46. The quantitative estimate of drug-likeness (QED) is 0.913. The lowest BCUT2D eigenvalue weighted by atomic mass is 9.98. The Labute approximate surface area is 120 Å². The minimum Gasteiger partial charge on any atom is -0.480 e. The van der Waals surface area contributed by atoms with E-state index in [4.69, 9.17) is 23.2 Å². The number of halogens is 2. The topological polar surface area (TPSA) is 57.6 Å². The zero-order chi connectivity index (χ0) is 14.2. The minimum absolute atomic E-state index is 0.239. The summed E-state index contributed by atoms with van der Waals surface area (Å²) in [6.45, 7) is 1.96. The van der Waals surface area contributed by atoms with Gasteiger partial charge in [-0.15, -0.1) is 0 Å². The van der Waals surface area contributed by atoms with Gasteiger partial charge in [-0.1, -0.05) is 23.2 Å². The van der Waals surface area contributed by atoms with Crippen molar-refractivity contribution in [3.63, 3.8) is 0 Å². The molecule has 102 valence electrons. The first-order chi connectivity index (χ1) is 8.86. The molecule has 2 rings (SSSR count). The van der Waals surface area contributed by atoms with Crippen LogP contribution in [0.25, 0.3) is 0 Å². The highest BCUT2D eigenvalue weighted by Crippen LogP contribution is 2.32. The van der Waals surface area contributed by atoms with Crippen molar-refractivity contribution in [1.82, 2.24) is 4.90 Å². The summed E-state index contributed by atoms with van der Waals surface area (Å²) in [6, 6.07) is 4.58. The van der Waals surface area contributed by atoms with Crippen molar-refractivity contribution in [2.24, 2.45) is 0 Å². The number of carboxylic acid groups (broad SMARTS) is 1. The van der Waals surface area contributed by atoms with Crippen molar-refractivity contribution >= 4 is 35.1 Å². The fourth-order valence-corrected chi connectivity index (χ4v) is 2.69. The lowest BCUT2D eigenvalue weighted by molar-refractivity contribution is -0.147. The second kappa shape index (κ2) is 5.02. The smallest absolute Gasteiger partial charge is 0.329 e. The number of carbonyl (C=O) groups is 2. The van der Waals surface area contributed by atoms with Gasteiger partial charge in [-0.05, 0) is 38.0 Å². The van der Waals surface area contributed by atoms with Crippen molar-refractivity contribution in [3.8, 4) is 0 Å². The predicted molar refractivity (Wildman–Crippen MR) is 72.8 cm³/mol. The predicted octanol–water partition coefficient (Wildman–Crippen LogP) is 3.07. The molecule has 1 aromatic carbocycles. The molecule has 1 aliphatic heterocycles. The lowest BCUT2D eigenvalue weighted by Gasteiger charge is -2.31. The zero-order valence-corrected chi connectivity index (χ0v) is 11.8. The zero-order valence-electron chi connectivity index (χ0n) is 10.3. The highest BCUT2D eigenvalue weighted by atomic mass is 35.5. The van der Waals surface area contributed by atoms with Crippen molar-refractivity contribution < 1.29 is 14.7 Å². The summed E-state index contributed by atoms with van der Waals surface area (Å²) in [5, 5.41) is 9.97. The van der Waals surface area contributed by atoms with Crippen LogP contribution in [0.5, 0.6) is 0 Å². The number of carbonyl (C=O) groups excluding carboxylic acids is 1. The molecule has 6 heteroatoms. The SMILES string of the molecule is CC1(C(=O)O)CCCN1C(=O)c1cc(Cl)ccc1Cl. The summed E-state index contributed by atoms with van der Waals surface area (Å²) in [4.78, 5) is 25.2. The van der Waals surface area contributed by atoms with E-state index in [1.54, 1.807) is 13.0 Å². The average Bonchev–Trinajstić information content (AvgIpc) is 2.75. The van der Waals surface area contributed by atoms with Crippen LogP contribution in [0, 0.1) is 0 Å². The van der Waals surface area contributed by atoms with Crippen LogP contribution < -0.4 is 0 Å². The number of hydrogen-bond donors (Lipinski definition) is 1. The molecule has 19 heavy (non-hydrogen) atoms. The van der Waals surface area contributed by atoms with E-state index in [1.165, 1.54) is 17.0 Å². The normalized spacial score (nSPS) is 22.6. The Bertz CT molecular complexity index is 547.